The molecule has 0 radical (unpaired) electrons. The largest absolute Gasteiger partial charge is 0.507 e. The molecular weight excluding hydrogens is 314 g/mol. The van der Waals surface area contributed by atoms with Crippen LogP contribution in [-0.4, -0.2) is 44.7 Å². The van der Waals surface area contributed by atoms with Crippen LogP contribution in [0.5, 0.6) is 5.75 Å². The predicted octanol–water partition coefficient (Wildman–Crippen LogP) is 1.60. The fraction of sp³-hybridized carbons (Fsp3) is 0.462. The van der Waals surface area contributed by atoms with Gasteiger partial charge in [-0.1, -0.05) is 6.92 Å². The third-order valence-electron chi connectivity index (χ3n) is 2.93. The minimum absolute atomic E-state index is 0.0856. The number of carbonyl (C=O) groups excluding carboxylic acids is 1. The van der Waals surface area contributed by atoms with Crippen molar-refractivity contribution in [2.45, 2.75) is 23.5 Å². The van der Waals surface area contributed by atoms with Crippen molar-refractivity contribution in [3.05, 3.63) is 23.8 Å². The molecule has 0 bridgehead atoms. The van der Waals surface area contributed by atoms with Gasteiger partial charge in [0.05, 0.1) is 12.0 Å². The first-order valence-corrected chi connectivity index (χ1v) is 9.02. The Labute approximate surface area is 128 Å². The Bertz CT molecular complexity index is 601. The minimum Gasteiger partial charge on any atom is -0.507 e. The smallest absolute Gasteiger partial charge is 0.341 e. The van der Waals surface area contributed by atoms with Crippen LogP contribution in [0.2, 0.25) is 0 Å². The Balaban J connectivity index is 2.91. The van der Waals surface area contributed by atoms with Crippen molar-refractivity contribution in [1.29, 1.82) is 0 Å². The van der Waals surface area contributed by atoms with E-state index in [1.165, 1.54) is 6.07 Å². The number of esters is 1. The lowest BCUT2D eigenvalue weighted by atomic mass is 10.2. The molecule has 1 rings (SSSR count). The summed E-state index contributed by atoms with van der Waals surface area (Å²) in [6, 6.07) is 3.49. The summed E-state index contributed by atoms with van der Waals surface area (Å²) in [6.07, 6.45) is 2.66. The highest BCUT2D eigenvalue weighted by Gasteiger charge is 2.19. The first kappa shape index (κ1) is 17.8. The van der Waals surface area contributed by atoms with Crippen molar-refractivity contribution in [3.63, 3.8) is 0 Å². The molecule has 1 unspecified atom stereocenters. The number of phenols is 1. The van der Waals surface area contributed by atoms with Gasteiger partial charge < -0.3 is 9.84 Å². The number of hydrogen-bond donors (Lipinski definition) is 2. The number of ether oxygens (including phenoxy) is 1. The molecule has 8 heteroatoms. The molecule has 1 aromatic rings. The maximum Gasteiger partial charge on any atom is 0.341 e. The summed E-state index contributed by atoms with van der Waals surface area (Å²) < 4.78 is 31.2. The molecule has 0 fully saturated rings. The van der Waals surface area contributed by atoms with Gasteiger partial charge in [0.15, 0.2) is 0 Å². The number of thioether (sulfide) groups is 1. The summed E-state index contributed by atoms with van der Waals surface area (Å²) >= 11 is 1.65. The normalized spacial score (nSPS) is 12.9. The Kier molecular flexibility index (Phi) is 6.50. The SMILES string of the molecule is COC(=O)c1cc(S(=O)(=O)NCCC(C)SC)ccc1O. The van der Waals surface area contributed by atoms with Gasteiger partial charge in [-0.2, -0.15) is 11.8 Å². The zero-order chi connectivity index (χ0) is 16.0. The second-order valence-electron chi connectivity index (χ2n) is 4.40. The fourth-order valence-corrected chi connectivity index (χ4v) is 2.98. The van der Waals surface area contributed by atoms with Gasteiger partial charge in [0.25, 0.3) is 0 Å². The van der Waals surface area contributed by atoms with Crippen molar-refractivity contribution in [2.24, 2.45) is 0 Å². The van der Waals surface area contributed by atoms with E-state index in [2.05, 4.69) is 9.46 Å². The van der Waals surface area contributed by atoms with Gasteiger partial charge in [0.2, 0.25) is 10.0 Å². The topological polar surface area (TPSA) is 92.7 Å². The summed E-state index contributed by atoms with van der Waals surface area (Å²) in [5.74, 6) is -1.11. The van der Waals surface area contributed by atoms with Crippen LogP contribution in [0.15, 0.2) is 23.1 Å². The van der Waals surface area contributed by atoms with Crippen LogP contribution in [0.4, 0.5) is 0 Å². The van der Waals surface area contributed by atoms with Gasteiger partial charge in [-0.3, -0.25) is 0 Å². The molecule has 0 saturated heterocycles. The number of benzene rings is 1. The van der Waals surface area contributed by atoms with Gasteiger partial charge in [0, 0.05) is 11.8 Å². The van der Waals surface area contributed by atoms with Crippen LogP contribution in [0.1, 0.15) is 23.7 Å². The molecule has 2 N–H and O–H groups in total. The second kappa shape index (κ2) is 7.67. The summed E-state index contributed by atoms with van der Waals surface area (Å²) in [4.78, 5) is 11.4. The number of methoxy groups -OCH3 is 1. The zero-order valence-corrected chi connectivity index (χ0v) is 13.8. The van der Waals surface area contributed by atoms with E-state index in [4.69, 9.17) is 0 Å². The van der Waals surface area contributed by atoms with E-state index in [0.717, 1.165) is 19.2 Å². The van der Waals surface area contributed by atoms with Crippen LogP contribution < -0.4 is 4.72 Å². The summed E-state index contributed by atoms with van der Waals surface area (Å²) in [5.41, 5.74) is -0.183. The van der Waals surface area contributed by atoms with E-state index in [-0.39, 0.29) is 16.2 Å². The Morgan fingerprint density at radius 1 is 1.48 bits per heavy atom. The van der Waals surface area contributed by atoms with Crippen molar-refractivity contribution >= 4 is 27.8 Å². The van der Waals surface area contributed by atoms with Crippen molar-refractivity contribution in [1.82, 2.24) is 4.72 Å². The van der Waals surface area contributed by atoms with E-state index in [0.29, 0.717) is 18.2 Å². The monoisotopic (exact) mass is 333 g/mol. The number of nitrogens with one attached hydrogen (secondary N) is 1. The van der Waals surface area contributed by atoms with Gasteiger partial charge in [-0.15, -0.1) is 0 Å². The summed E-state index contributed by atoms with van der Waals surface area (Å²) in [5, 5.41) is 9.91. The molecule has 0 amide bonds. The Hall–Kier alpha value is -1.25. The molecule has 0 aromatic heterocycles. The first-order chi connectivity index (χ1) is 9.81. The number of sulfonamides is 1. The molecule has 118 valence electrons. The van der Waals surface area contributed by atoms with Gasteiger partial charge in [-0.05, 0) is 30.9 Å². The van der Waals surface area contributed by atoms with Crippen LogP contribution in [-0.2, 0) is 14.8 Å². The van der Waals surface area contributed by atoms with Crippen LogP contribution in [0.25, 0.3) is 0 Å². The molecule has 1 aromatic carbocycles. The molecular formula is C13H19NO5S2. The molecule has 0 aliphatic carbocycles. The number of hydrogen-bond acceptors (Lipinski definition) is 6. The predicted molar refractivity (Wildman–Crippen MR) is 82.2 cm³/mol. The zero-order valence-electron chi connectivity index (χ0n) is 12.1. The van der Waals surface area contributed by atoms with E-state index in [1.54, 1.807) is 11.8 Å². The standard InChI is InChI=1S/C13H19NO5S2/c1-9(20-3)6-7-14-21(17,18)10-4-5-12(15)11(8-10)13(16)19-2/h4-5,8-9,14-15H,6-7H2,1-3H3. The molecule has 0 spiro atoms. The van der Waals surface area contributed by atoms with Crippen molar-refractivity contribution < 1.29 is 23.1 Å². The molecule has 0 saturated carbocycles. The first-order valence-electron chi connectivity index (χ1n) is 6.25. The lowest BCUT2D eigenvalue weighted by Gasteiger charge is -2.11. The van der Waals surface area contributed by atoms with E-state index >= 15 is 0 Å². The minimum atomic E-state index is -3.72. The lowest BCUT2D eigenvalue weighted by Crippen LogP contribution is -2.26. The average molecular weight is 333 g/mol. The van der Waals surface area contributed by atoms with Crippen LogP contribution in [0.3, 0.4) is 0 Å². The van der Waals surface area contributed by atoms with Gasteiger partial charge >= 0.3 is 5.97 Å². The lowest BCUT2D eigenvalue weighted by molar-refractivity contribution is 0.0597. The molecule has 1 atom stereocenters. The quantitative estimate of drug-likeness (QED) is 0.736. The highest BCUT2D eigenvalue weighted by molar-refractivity contribution is 7.99. The summed E-state index contributed by atoms with van der Waals surface area (Å²) in [6.45, 7) is 2.31. The Morgan fingerprint density at radius 3 is 2.71 bits per heavy atom. The van der Waals surface area contributed by atoms with Crippen LogP contribution in [0, 0.1) is 0 Å². The highest BCUT2D eigenvalue weighted by atomic mass is 32.2. The highest BCUT2D eigenvalue weighted by Crippen LogP contribution is 2.22. The number of carbonyl (C=O) groups is 1. The molecule has 0 aliphatic rings. The molecule has 0 heterocycles. The average Bonchev–Trinajstić information content (AvgIpc) is 2.46. The maximum atomic E-state index is 12.1. The Morgan fingerprint density at radius 2 is 2.14 bits per heavy atom. The molecule has 6 nitrogen and oxygen atoms in total. The van der Waals surface area contributed by atoms with Crippen molar-refractivity contribution in [3.8, 4) is 5.75 Å². The van der Waals surface area contributed by atoms with Gasteiger partial charge in [0.1, 0.15) is 11.3 Å². The van der Waals surface area contributed by atoms with Gasteiger partial charge in [-0.25, -0.2) is 17.9 Å². The summed E-state index contributed by atoms with van der Waals surface area (Å²) in [7, 11) is -2.57. The number of aromatic hydroxyl groups is 1. The third kappa shape index (κ3) is 4.90. The second-order valence-corrected chi connectivity index (χ2v) is 7.45. The van der Waals surface area contributed by atoms with E-state index < -0.39 is 16.0 Å². The fourth-order valence-electron chi connectivity index (χ4n) is 1.55. The van der Waals surface area contributed by atoms with E-state index in [1.807, 2.05) is 13.2 Å². The number of rotatable bonds is 7. The van der Waals surface area contributed by atoms with E-state index in [9.17, 15) is 18.3 Å². The third-order valence-corrected chi connectivity index (χ3v) is 5.43. The number of phenolic OH excluding ortho intramolecular Hbond substituents is 1. The maximum absolute atomic E-state index is 12.1. The van der Waals surface area contributed by atoms with Crippen molar-refractivity contribution in [2.75, 3.05) is 19.9 Å². The molecule has 0 aliphatic heterocycles. The molecule has 21 heavy (non-hydrogen) atoms. The van der Waals surface area contributed by atoms with Crippen LogP contribution >= 0.6 is 11.8 Å².